The molecule has 1 atom stereocenters. The molecule has 3 amide bonds. The molecule has 1 saturated heterocycles. The number of rotatable bonds is 3. The van der Waals surface area contributed by atoms with Gasteiger partial charge in [-0.3, -0.25) is 14.4 Å². The lowest BCUT2D eigenvalue weighted by Crippen LogP contribution is -2.47. The Hall–Kier alpha value is -1.63. The molecule has 0 spiro atoms. The van der Waals surface area contributed by atoms with Crippen molar-refractivity contribution in [3.63, 3.8) is 0 Å². The molecule has 0 aliphatic carbocycles. The number of carbonyl (C=O) groups is 3. The molecule has 1 heterocycles. The molecule has 1 fully saturated rings. The summed E-state index contributed by atoms with van der Waals surface area (Å²) in [6, 6.07) is -0.955. The van der Waals surface area contributed by atoms with E-state index in [0.717, 1.165) is 0 Å². The number of nitrogens with one attached hydrogen (secondary N) is 1. The first-order valence-corrected chi connectivity index (χ1v) is 5.10. The number of nitrogens with zero attached hydrogens (tertiary/aromatic N) is 1. The first kappa shape index (κ1) is 12.4. The average molecular weight is 228 g/mol. The van der Waals surface area contributed by atoms with Crippen LogP contribution in [0.25, 0.3) is 0 Å². The summed E-state index contributed by atoms with van der Waals surface area (Å²) in [5.41, 5.74) is 10.5. The zero-order valence-corrected chi connectivity index (χ0v) is 8.94. The normalized spacial score (nSPS) is 18.6. The number of nitrogens with two attached hydrogens (primary N) is 2. The van der Waals surface area contributed by atoms with Crippen molar-refractivity contribution < 1.29 is 14.4 Å². The zero-order valence-electron chi connectivity index (χ0n) is 8.94. The van der Waals surface area contributed by atoms with Crippen LogP contribution in [0.5, 0.6) is 0 Å². The molecular weight excluding hydrogens is 212 g/mol. The SMILES string of the molecule is NC(=O)CC(N)C(=O)N1CCCNC(=O)C1. The highest BCUT2D eigenvalue weighted by atomic mass is 16.2. The van der Waals surface area contributed by atoms with E-state index in [-0.39, 0.29) is 18.9 Å². The summed E-state index contributed by atoms with van der Waals surface area (Å²) < 4.78 is 0. The van der Waals surface area contributed by atoms with E-state index in [1.807, 2.05) is 0 Å². The van der Waals surface area contributed by atoms with Gasteiger partial charge in [0.25, 0.3) is 0 Å². The Kier molecular flexibility index (Phi) is 4.24. The molecule has 1 unspecified atom stereocenters. The summed E-state index contributed by atoms with van der Waals surface area (Å²) >= 11 is 0. The summed E-state index contributed by atoms with van der Waals surface area (Å²) in [6.45, 7) is 1.00. The van der Waals surface area contributed by atoms with Crippen molar-refractivity contribution in [1.82, 2.24) is 10.2 Å². The van der Waals surface area contributed by atoms with Crippen molar-refractivity contribution in [3.8, 4) is 0 Å². The monoisotopic (exact) mass is 228 g/mol. The van der Waals surface area contributed by atoms with Crippen molar-refractivity contribution in [2.24, 2.45) is 11.5 Å². The molecule has 7 nitrogen and oxygen atoms in total. The highest BCUT2D eigenvalue weighted by molar-refractivity contribution is 5.90. The molecule has 1 rings (SSSR count). The van der Waals surface area contributed by atoms with Gasteiger partial charge in [0.05, 0.1) is 19.0 Å². The van der Waals surface area contributed by atoms with Gasteiger partial charge in [0.1, 0.15) is 0 Å². The Morgan fingerprint density at radius 3 is 2.81 bits per heavy atom. The number of carbonyl (C=O) groups excluding carboxylic acids is 3. The topological polar surface area (TPSA) is 119 Å². The molecule has 0 aromatic carbocycles. The van der Waals surface area contributed by atoms with Crippen molar-refractivity contribution >= 4 is 17.7 Å². The maximum Gasteiger partial charge on any atom is 0.240 e. The van der Waals surface area contributed by atoms with Crippen molar-refractivity contribution in [2.75, 3.05) is 19.6 Å². The standard InChI is InChI=1S/C9H16N4O3/c10-6(4-7(11)14)9(16)13-3-1-2-12-8(15)5-13/h6H,1-5,10H2,(H2,11,14)(H,12,15). The summed E-state index contributed by atoms with van der Waals surface area (Å²) in [5, 5.41) is 2.64. The molecule has 1 aliphatic rings. The average Bonchev–Trinajstić information content (AvgIpc) is 2.40. The molecule has 0 aromatic heterocycles. The van der Waals surface area contributed by atoms with Crippen LogP contribution in [0.3, 0.4) is 0 Å². The van der Waals surface area contributed by atoms with Crippen molar-refractivity contribution in [2.45, 2.75) is 18.9 Å². The largest absolute Gasteiger partial charge is 0.370 e. The van der Waals surface area contributed by atoms with Crippen LogP contribution in [0.15, 0.2) is 0 Å². The van der Waals surface area contributed by atoms with Gasteiger partial charge in [0, 0.05) is 13.1 Å². The smallest absolute Gasteiger partial charge is 0.240 e. The number of hydrogen-bond donors (Lipinski definition) is 3. The molecule has 0 saturated carbocycles. The summed E-state index contributed by atoms with van der Waals surface area (Å²) in [6.07, 6.45) is 0.484. The van der Waals surface area contributed by atoms with Gasteiger partial charge in [-0.1, -0.05) is 0 Å². The Morgan fingerprint density at radius 2 is 2.19 bits per heavy atom. The second-order valence-electron chi connectivity index (χ2n) is 3.74. The van der Waals surface area contributed by atoms with Crippen LogP contribution in [-0.4, -0.2) is 48.3 Å². The van der Waals surface area contributed by atoms with Gasteiger partial charge in [0.15, 0.2) is 0 Å². The van der Waals surface area contributed by atoms with E-state index in [9.17, 15) is 14.4 Å². The molecule has 16 heavy (non-hydrogen) atoms. The van der Waals surface area contributed by atoms with Crippen LogP contribution < -0.4 is 16.8 Å². The lowest BCUT2D eigenvalue weighted by Gasteiger charge is -2.22. The minimum Gasteiger partial charge on any atom is -0.370 e. The first-order valence-electron chi connectivity index (χ1n) is 5.10. The maximum atomic E-state index is 11.7. The molecule has 0 radical (unpaired) electrons. The third-order valence-electron chi connectivity index (χ3n) is 2.31. The van der Waals surface area contributed by atoms with E-state index in [0.29, 0.717) is 19.5 Å². The van der Waals surface area contributed by atoms with E-state index in [2.05, 4.69) is 5.32 Å². The lowest BCUT2D eigenvalue weighted by atomic mass is 10.2. The second-order valence-corrected chi connectivity index (χ2v) is 3.74. The van der Waals surface area contributed by atoms with E-state index in [1.54, 1.807) is 0 Å². The molecule has 90 valence electrons. The Labute approximate surface area is 93.1 Å². The quantitative estimate of drug-likeness (QED) is 0.496. The lowest BCUT2D eigenvalue weighted by molar-refractivity contribution is -0.137. The second kappa shape index (κ2) is 5.45. The zero-order chi connectivity index (χ0) is 12.1. The maximum absolute atomic E-state index is 11.7. The van der Waals surface area contributed by atoms with Gasteiger partial charge in [-0.2, -0.15) is 0 Å². The fourth-order valence-electron chi connectivity index (χ4n) is 1.53. The van der Waals surface area contributed by atoms with Crippen LogP contribution >= 0.6 is 0 Å². The third kappa shape index (κ3) is 3.50. The highest BCUT2D eigenvalue weighted by Gasteiger charge is 2.25. The van der Waals surface area contributed by atoms with Gasteiger partial charge in [0.2, 0.25) is 17.7 Å². The highest BCUT2D eigenvalue weighted by Crippen LogP contribution is 2.01. The van der Waals surface area contributed by atoms with Gasteiger partial charge in [-0.25, -0.2) is 0 Å². The van der Waals surface area contributed by atoms with Crippen LogP contribution in [0.1, 0.15) is 12.8 Å². The first-order chi connectivity index (χ1) is 7.50. The minimum atomic E-state index is -0.955. The molecule has 1 aliphatic heterocycles. The molecule has 7 heteroatoms. The van der Waals surface area contributed by atoms with Crippen LogP contribution in [0, 0.1) is 0 Å². The van der Waals surface area contributed by atoms with Gasteiger partial charge in [-0.05, 0) is 6.42 Å². The van der Waals surface area contributed by atoms with Crippen molar-refractivity contribution in [1.29, 1.82) is 0 Å². The summed E-state index contributed by atoms with van der Waals surface area (Å²) in [4.78, 5) is 34.9. The number of amides is 3. The van der Waals surface area contributed by atoms with E-state index in [1.165, 1.54) is 4.90 Å². The van der Waals surface area contributed by atoms with Crippen LogP contribution in [0.2, 0.25) is 0 Å². The van der Waals surface area contributed by atoms with E-state index >= 15 is 0 Å². The minimum absolute atomic E-state index is 0.00864. The molecular formula is C9H16N4O3. The van der Waals surface area contributed by atoms with E-state index < -0.39 is 17.9 Å². The van der Waals surface area contributed by atoms with Crippen molar-refractivity contribution in [3.05, 3.63) is 0 Å². The number of hydrogen-bond acceptors (Lipinski definition) is 4. The fraction of sp³-hybridized carbons (Fsp3) is 0.667. The predicted molar refractivity (Wildman–Crippen MR) is 56.0 cm³/mol. The predicted octanol–water partition coefficient (Wildman–Crippen LogP) is -2.46. The van der Waals surface area contributed by atoms with Crippen LogP contribution in [-0.2, 0) is 14.4 Å². The Morgan fingerprint density at radius 1 is 1.50 bits per heavy atom. The molecule has 0 bridgehead atoms. The Balaban J connectivity index is 2.57. The van der Waals surface area contributed by atoms with Crippen LogP contribution in [0.4, 0.5) is 0 Å². The molecule has 5 N–H and O–H groups in total. The van der Waals surface area contributed by atoms with Gasteiger partial charge < -0.3 is 21.7 Å². The fourth-order valence-corrected chi connectivity index (χ4v) is 1.53. The van der Waals surface area contributed by atoms with Gasteiger partial charge >= 0.3 is 0 Å². The van der Waals surface area contributed by atoms with Gasteiger partial charge in [-0.15, -0.1) is 0 Å². The third-order valence-corrected chi connectivity index (χ3v) is 2.31. The summed E-state index contributed by atoms with van der Waals surface area (Å²) in [7, 11) is 0. The molecule has 0 aromatic rings. The number of primary amides is 1. The van der Waals surface area contributed by atoms with E-state index in [4.69, 9.17) is 11.5 Å². The summed E-state index contributed by atoms with van der Waals surface area (Å²) in [5.74, 6) is -1.24. The Bertz CT molecular complexity index is 305.